The van der Waals surface area contributed by atoms with Crippen LogP contribution in [0.2, 0.25) is 0 Å². The number of benzene rings is 1. The van der Waals surface area contributed by atoms with Crippen molar-refractivity contribution in [1.29, 1.82) is 0 Å². The van der Waals surface area contributed by atoms with E-state index in [-0.39, 0.29) is 12.5 Å². The van der Waals surface area contributed by atoms with Crippen LogP contribution in [0.5, 0.6) is 0 Å². The van der Waals surface area contributed by atoms with Gasteiger partial charge in [-0.15, -0.1) is 0 Å². The van der Waals surface area contributed by atoms with Crippen LogP contribution in [0.15, 0.2) is 30.3 Å². The standard InChI is InChI=1S/C20H27NO8/c1-11(18(23)24-3)27-17-15(21-12(2)22)20(25-4)28-14-10-26-19(29-16(14)17)13-8-6-5-7-9-13/h5-9,11,14-17,19-20H,10H2,1-4H3,(H,21,22)/t11-,14+,15+,16+,17+,19+,20-/m0/s1. The number of methoxy groups -OCH3 is 2. The van der Waals surface area contributed by atoms with E-state index in [2.05, 4.69) is 5.32 Å². The van der Waals surface area contributed by atoms with Gasteiger partial charge in [-0.2, -0.15) is 0 Å². The first-order chi connectivity index (χ1) is 13.9. The Labute approximate surface area is 169 Å². The van der Waals surface area contributed by atoms with Crippen molar-refractivity contribution in [1.82, 2.24) is 5.32 Å². The summed E-state index contributed by atoms with van der Waals surface area (Å²) in [6.07, 6.45) is -4.14. The SMILES string of the molecule is COC(=O)[C@H](C)O[C@@H]1[C@@H](NC(C)=O)[C@@H](OC)O[C@@H]2CO[C@@H](c3ccccc3)O[C@@H]12. The number of nitrogens with one attached hydrogen (secondary N) is 1. The van der Waals surface area contributed by atoms with Gasteiger partial charge in [-0.3, -0.25) is 4.79 Å². The lowest BCUT2D eigenvalue weighted by Gasteiger charge is -2.49. The minimum atomic E-state index is -0.876. The smallest absolute Gasteiger partial charge is 0.334 e. The van der Waals surface area contributed by atoms with E-state index in [4.69, 9.17) is 28.4 Å². The van der Waals surface area contributed by atoms with E-state index < -0.39 is 49.0 Å². The summed E-state index contributed by atoms with van der Waals surface area (Å²) in [5.41, 5.74) is 0.843. The molecule has 0 aromatic heterocycles. The second kappa shape index (κ2) is 9.64. The monoisotopic (exact) mass is 409 g/mol. The number of carbonyl (C=O) groups excluding carboxylic acids is 2. The summed E-state index contributed by atoms with van der Waals surface area (Å²) in [7, 11) is 2.76. The zero-order valence-corrected chi connectivity index (χ0v) is 16.9. The third-order valence-electron chi connectivity index (χ3n) is 4.91. The van der Waals surface area contributed by atoms with E-state index in [9.17, 15) is 9.59 Å². The van der Waals surface area contributed by atoms with Crippen molar-refractivity contribution in [2.45, 2.75) is 56.9 Å². The number of hydrogen-bond donors (Lipinski definition) is 1. The Hall–Kier alpha value is -2.04. The van der Waals surface area contributed by atoms with Gasteiger partial charge in [0.2, 0.25) is 5.91 Å². The summed E-state index contributed by atoms with van der Waals surface area (Å²) < 4.78 is 34.2. The molecule has 2 saturated heterocycles. The number of fused-ring (bicyclic) bond motifs is 1. The third kappa shape index (κ3) is 4.93. The number of amides is 1. The fourth-order valence-corrected chi connectivity index (χ4v) is 3.56. The highest BCUT2D eigenvalue weighted by Gasteiger charge is 2.52. The topological polar surface area (TPSA) is 102 Å². The second-order valence-corrected chi connectivity index (χ2v) is 6.95. The highest BCUT2D eigenvalue weighted by Crippen LogP contribution is 2.36. The first-order valence-corrected chi connectivity index (χ1v) is 9.45. The number of rotatable bonds is 6. The van der Waals surface area contributed by atoms with Crippen molar-refractivity contribution in [3.05, 3.63) is 35.9 Å². The van der Waals surface area contributed by atoms with E-state index in [1.807, 2.05) is 30.3 Å². The Morgan fingerprint density at radius 3 is 2.52 bits per heavy atom. The van der Waals surface area contributed by atoms with Crippen LogP contribution in [0.25, 0.3) is 0 Å². The minimum Gasteiger partial charge on any atom is -0.467 e. The molecule has 2 aliphatic rings. The van der Waals surface area contributed by atoms with Gasteiger partial charge in [-0.1, -0.05) is 30.3 Å². The normalized spacial score (nSPS) is 32.7. The molecule has 0 bridgehead atoms. The van der Waals surface area contributed by atoms with Crippen LogP contribution in [0, 0.1) is 0 Å². The van der Waals surface area contributed by atoms with E-state index >= 15 is 0 Å². The van der Waals surface area contributed by atoms with Crippen molar-refractivity contribution in [3.63, 3.8) is 0 Å². The zero-order valence-electron chi connectivity index (χ0n) is 16.9. The van der Waals surface area contributed by atoms with Crippen LogP contribution < -0.4 is 5.32 Å². The molecule has 0 unspecified atom stereocenters. The average molecular weight is 409 g/mol. The van der Waals surface area contributed by atoms with E-state index in [1.54, 1.807) is 6.92 Å². The van der Waals surface area contributed by atoms with Gasteiger partial charge in [0.15, 0.2) is 18.7 Å². The fourth-order valence-electron chi connectivity index (χ4n) is 3.56. The summed E-state index contributed by atoms with van der Waals surface area (Å²) in [5, 5.41) is 2.80. The van der Waals surface area contributed by atoms with Gasteiger partial charge in [-0.05, 0) is 6.92 Å². The highest BCUT2D eigenvalue weighted by molar-refractivity contribution is 5.74. The summed E-state index contributed by atoms with van der Waals surface area (Å²) in [6.45, 7) is 3.21. The number of esters is 1. The molecule has 2 fully saturated rings. The van der Waals surface area contributed by atoms with Gasteiger partial charge in [0.25, 0.3) is 0 Å². The van der Waals surface area contributed by atoms with E-state index in [0.29, 0.717) is 0 Å². The molecular formula is C20H27NO8. The van der Waals surface area contributed by atoms with Crippen molar-refractivity contribution in [2.75, 3.05) is 20.8 Å². The molecule has 29 heavy (non-hydrogen) atoms. The summed E-state index contributed by atoms with van der Waals surface area (Å²) >= 11 is 0. The van der Waals surface area contributed by atoms with E-state index in [1.165, 1.54) is 21.1 Å². The molecule has 2 aliphatic heterocycles. The molecule has 3 rings (SSSR count). The molecule has 0 radical (unpaired) electrons. The van der Waals surface area contributed by atoms with Crippen LogP contribution in [-0.2, 0) is 38.0 Å². The molecule has 160 valence electrons. The maximum absolute atomic E-state index is 11.9. The lowest BCUT2D eigenvalue weighted by atomic mass is 9.95. The Morgan fingerprint density at radius 1 is 1.17 bits per heavy atom. The second-order valence-electron chi connectivity index (χ2n) is 6.95. The minimum absolute atomic E-state index is 0.239. The number of hydrogen-bond acceptors (Lipinski definition) is 8. The van der Waals surface area contributed by atoms with Crippen LogP contribution in [0.3, 0.4) is 0 Å². The van der Waals surface area contributed by atoms with Crippen LogP contribution in [-0.4, -0.2) is 69.5 Å². The van der Waals surface area contributed by atoms with Crippen LogP contribution in [0.1, 0.15) is 25.7 Å². The van der Waals surface area contributed by atoms with Gasteiger partial charge in [0.05, 0.1) is 13.7 Å². The maximum Gasteiger partial charge on any atom is 0.334 e. The summed E-state index contributed by atoms with van der Waals surface area (Å²) in [6, 6.07) is 8.77. The summed E-state index contributed by atoms with van der Waals surface area (Å²) in [4.78, 5) is 23.8. The predicted octanol–water partition coefficient (Wildman–Crippen LogP) is 0.923. The molecule has 0 saturated carbocycles. The quantitative estimate of drug-likeness (QED) is 0.693. The molecule has 1 amide bonds. The van der Waals surface area contributed by atoms with E-state index in [0.717, 1.165) is 5.56 Å². The van der Waals surface area contributed by atoms with Gasteiger partial charge in [0.1, 0.15) is 24.4 Å². The predicted molar refractivity (Wildman–Crippen MR) is 99.6 cm³/mol. The molecule has 1 N–H and O–H groups in total. The largest absolute Gasteiger partial charge is 0.467 e. The molecule has 1 aromatic rings. The molecule has 1 aromatic carbocycles. The molecule has 9 heteroatoms. The first kappa shape index (κ1) is 21.7. The maximum atomic E-state index is 11.9. The van der Waals surface area contributed by atoms with Crippen molar-refractivity contribution in [3.8, 4) is 0 Å². The van der Waals surface area contributed by atoms with Gasteiger partial charge >= 0.3 is 5.97 Å². The molecule has 0 aliphatic carbocycles. The van der Waals surface area contributed by atoms with Crippen molar-refractivity contribution in [2.24, 2.45) is 0 Å². The van der Waals surface area contributed by atoms with Gasteiger partial charge in [-0.25, -0.2) is 4.79 Å². The van der Waals surface area contributed by atoms with Crippen LogP contribution >= 0.6 is 0 Å². The van der Waals surface area contributed by atoms with Gasteiger partial charge in [0, 0.05) is 19.6 Å². The summed E-state index contributed by atoms with van der Waals surface area (Å²) in [5.74, 6) is -0.819. The molecular weight excluding hydrogens is 382 g/mol. The van der Waals surface area contributed by atoms with Crippen LogP contribution in [0.4, 0.5) is 0 Å². The number of ether oxygens (including phenoxy) is 6. The highest BCUT2D eigenvalue weighted by atomic mass is 16.7. The molecule has 0 spiro atoms. The Morgan fingerprint density at radius 2 is 1.90 bits per heavy atom. The molecule has 7 atom stereocenters. The average Bonchev–Trinajstić information content (AvgIpc) is 2.74. The lowest BCUT2D eigenvalue weighted by Crippen LogP contribution is -2.67. The Balaban J connectivity index is 1.88. The Bertz CT molecular complexity index is 699. The molecule has 2 heterocycles. The lowest BCUT2D eigenvalue weighted by molar-refractivity contribution is -0.347. The zero-order chi connectivity index (χ0) is 21.0. The number of carbonyl (C=O) groups is 2. The molecule has 9 nitrogen and oxygen atoms in total. The van der Waals surface area contributed by atoms with Gasteiger partial charge < -0.3 is 33.7 Å². The van der Waals surface area contributed by atoms with Crippen molar-refractivity contribution >= 4 is 11.9 Å². The fraction of sp³-hybridized carbons (Fsp3) is 0.600. The first-order valence-electron chi connectivity index (χ1n) is 9.45. The Kier molecular flexibility index (Phi) is 7.20. The third-order valence-corrected chi connectivity index (χ3v) is 4.91. The van der Waals surface area contributed by atoms with Crippen molar-refractivity contribution < 1.29 is 38.0 Å².